The molecule has 0 saturated heterocycles. The maximum absolute atomic E-state index is 11.3. The third-order valence-electron chi connectivity index (χ3n) is 3.49. The second-order valence-corrected chi connectivity index (χ2v) is 5.58. The van der Waals surface area contributed by atoms with Crippen molar-refractivity contribution in [2.24, 2.45) is 5.92 Å². The highest BCUT2D eigenvalue weighted by Crippen LogP contribution is 2.43. The molecule has 0 saturated carbocycles. The summed E-state index contributed by atoms with van der Waals surface area (Å²) in [5.41, 5.74) is 1.17. The summed E-state index contributed by atoms with van der Waals surface area (Å²) in [5.74, 6) is 0.680. The van der Waals surface area contributed by atoms with Crippen molar-refractivity contribution in [3.05, 3.63) is 29.8 Å². The SMILES string of the molecule is CCC(CC)CN1Sc2ccccc2C1C=O. The summed E-state index contributed by atoms with van der Waals surface area (Å²) in [6.45, 7) is 5.44. The van der Waals surface area contributed by atoms with Gasteiger partial charge in [-0.25, -0.2) is 4.31 Å². The largest absolute Gasteiger partial charge is 0.301 e. The summed E-state index contributed by atoms with van der Waals surface area (Å²) in [6, 6.07) is 8.15. The predicted molar refractivity (Wildman–Crippen MR) is 71.9 cm³/mol. The third kappa shape index (κ3) is 2.55. The van der Waals surface area contributed by atoms with Gasteiger partial charge in [-0.3, -0.25) is 0 Å². The van der Waals surface area contributed by atoms with Crippen LogP contribution < -0.4 is 0 Å². The Kier molecular flexibility index (Phi) is 4.24. The zero-order chi connectivity index (χ0) is 12.3. The molecule has 0 aliphatic carbocycles. The molecule has 1 unspecified atom stereocenters. The smallest absolute Gasteiger partial charge is 0.142 e. The Morgan fingerprint density at radius 1 is 1.35 bits per heavy atom. The summed E-state index contributed by atoms with van der Waals surface area (Å²) >= 11 is 1.73. The molecular weight excluding hydrogens is 230 g/mol. The van der Waals surface area contributed by atoms with E-state index in [-0.39, 0.29) is 6.04 Å². The molecular formula is C14H19NOS. The highest BCUT2D eigenvalue weighted by Gasteiger charge is 2.31. The monoisotopic (exact) mass is 249 g/mol. The van der Waals surface area contributed by atoms with Gasteiger partial charge in [0.25, 0.3) is 0 Å². The Balaban J connectivity index is 2.14. The van der Waals surface area contributed by atoms with Crippen molar-refractivity contribution >= 4 is 18.2 Å². The number of rotatable bonds is 5. The summed E-state index contributed by atoms with van der Waals surface area (Å²) in [4.78, 5) is 12.5. The van der Waals surface area contributed by atoms with E-state index in [9.17, 15) is 4.79 Å². The van der Waals surface area contributed by atoms with Crippen LogP contribution in [-0.2, 0) is 4.79 Å². The van der Waals surface area contributed by atoms with Crippen LogP contribution in [0.15, 0.2) is 29.2 Å². The lowest BCUT2D eigenvalue weighted by Crippen LogP contribution is -2.24. The number of carbonyl (C=O) groups is 1. The van der Waals surface area contributed by atoms with Crippen molar-refractivity contribution in [3.8, 4) is 0 Å². The molecule has 1 aromatic carbocycles. The van der Waals surface area contributed by atoms with E-state index in [0.717, 1.165) is 12.8 Å². The highest BCUT2D eigenvalue weighted by atomic mass is 32.2. The minimum absolute atomic E-state index is 0.0585. The molecule has 1 atom stereocenters. The van der Waals surface area contributed by atoms with Crippen LogP contribution >= 0.6 is 11.9 Å². The van der Waals surface area contributed by atoms with Crippen LogP contribution in [0.4, 0.5) is 0 Å². The average molecular weight is 249 g/mol. The summed E-state index contributed by atoms with van der Waals surface area (Å²) in [6.07, 6.45) is 3.42. The first-order valence-corrected chi connectivity index (χ1v) is 7.06. The lowest BCUT2D eigenvalue weighted by molar-refractivity contribution is -0.111. The summed E-state index contributed by atoms with van der Waals surface area (Å²) in [7, 11) is 0. The molecule has 92 valence electrons. The zero-order valence-electron chi connectivity index (χ0n) is 10.4. The van der Waals surface area contributed by atoms with Gasteiger partial charge in [-0.2, -0.15) is 0 Å². The molecule has 1 aliphatic heterocycles. The van der Waals surface area contributed by atoms with Crippen molar-refractivity contribution in [3.63, 3.8) is 0 Å². The Hall–Kier alpha value is -0.800. The number of hydrogen-bond acceptors (Lipinski definition) is 3. The lowest BCUT2D eigenvalue weighted by Gasteiger charge is -2.23. The van der Waals surface area contributed by atoms with Gasteiger partial charge in [0, 0.05) is 11.4 Å². The quantitative estimate of drug-likeness (QED) is 0.586. The molecule has 0 bridgehead atoms. The molecule has 2 nitrogen and oxygen atoms in total. The molecule has 1 aromatic rings. The molecule has 17 heavy (non-hydrogen) atoms. The molecule has 2 rings (SSSR count). The van der Waals surface area contributed by atoms with Gasteiger partial charge in [0.15, 0.2) is 0 Å². The molecule has 0 spiro atoms. The van der Waals surface area contributed by atoms with Crippen LogP contribution in [0.25, 0.3) is 0 Å². The molecule has 1 aliphatic rings. The molecule has 0 aromatic heterocycles. The van der Waals surface area contributed by atoms with E-state index in [2.05, 4.69) is 30.3 Å². The van der Waals surface area contributed by atoms with Gasteiger partial charge in [-0.1, -0.05) is 44.9 Å². The van der Waals surface area contributed by atoms with Crippen molar-refractivity contribution in [1.29, 1.82) is 0 Å². The van der Waals surface area contributed by atoms with Gasteiger partial charge >= 0.3 is 0 Å². The summed E-state index contributed by atoms with van der Waals surface area (Å²) < 4.78 is 2.23. The van der Waals surface area contributed by atoms with Crippen molar-refractivity contribution in [2.75, 3.05) is 6.54 Å². The Morgan fingerprint density at radius 3 is 2.71 bits per heavy atom. The van der Waals surface area contributed by atoms with Gasteiger partial charge in [0.1, 0.15) is 12.3 Å². The Morgan fingerprint density at radius 2 is 2.06 bits per heavy atom. The number of hydrogen-bond donors (Lipinski definition) is 0. The zero-order valence-corrected chi connectivity index (χ0v) is 11.2. The van der Waals surface area contributed by atoms with Crippen LogP contribution in [0.1, 0.15) is 38.3 Å². The molecule has 3 heteroatoms. The normalized spacial score (nSPS) is 19.6. The number of benzene rings is 1. The van der Waals surface area contributed by atoms with Crippen LogP contribution in [0, 0.1) is 5.92 Å². The third-order valence-corrected chi connectivity index (χ3v) is 4.66. The molecule has 0 fully saturated rings. The fraction of sp³-hybridized carbons (Fsp3) is 0.500. The van der Waals surface area contributed by atoms with E-state index in [1.807, 2.05) is 12.1 Å². The second kappa shape index (κ2) is 5.69. The highest BCUT2D eigenvalue weighted by molar-refractivity contribution is 7.97. The topological polar surface area (TPSA) is 20.3 Å². The number of aldehydes is 1. The first kappa shape index (κ1) is 12.7. The fourth-order valence-corrected chi connectivity index (χ4v) is 3.49. The van der Waals surface area contributed by atoms with Crippen LogP contribution in [0.2, 0.25) is 0 Å². The van der Waals surface area contributed by atoms with E-state index in [0.29, 0.717) is 5.92 Å². The number of carbonyl (C=O) groups excluding carboxylic acids is 1. The number of fused-ring (bicyclic) bond motifs is 1. The molecule has 1 heterocycles. The van der Waals surface area contributed by atoms with Gasteiger partial charge in [0.05, 0.1) is 0 Å². The van der Waals surface area contributed by atoms with Crippen LogP contribution in [0.5, 0.6) is 0 Å². The standard InChI is InChI=1S/C14H19NOS/c1-3-11(4-2)9-15-13(10-16)12-7-5-6-8-14(12)17-15/h5-8,10-11,13H,3-4,9H2,1-2H3. The number of nitrogens with zero attached hydrogens (tertiary/aromatic N) is 1. The van der Waals surface area contributed by atoms with Crippen molar-refractivity contribution in [1.82, 2.24) is 4.31 Å². The fourth-order valence-electron chi connectivity index (χ4n) is 2.24. The van der Waals surface area contributed by atoms with Gasteiger partial charge in [-0.15, -0.1) is 0 Å². The summed E-state index contributed by atoms with van der Waals surface area (Å²) in [5, 5.41) is 0. The van der Waals surface area contributed by atoms with Crippen LogP contribution in [0.3, 0.4) is 0 Å². The van der Waals surface area contributed by atoms with Crippen molar-refractivity contribution < 1.29 is 4.79 Å². The van der Waals surface area contributed by atoms with Crippen LogP contribution in [-0.4, -0.2) is 17.1 Å². The molecule has 0 N–H and O–H groups in total. The predicted octanol–water partition coefficient (Wildman–Crippen LogP) is 3.69. The van der Waals surface area contributed by atoms with Crippen molar-refractivity contribution in [2.45, 2.75) is 37.6 Å². The van der Waals surface area contributed by atoms with Gasteiger partial charge in [0.2, 0.25) is 0 Å². The van der Waals surface area contributed by atoms with E-state index >= 15 is 0 Å². The first-order chi connectivity index (χ1) is 8.30. The van der Waals surface area contributed by atoms with E-state index in [4.69, 9.17) is 0 Å². The second-order valence-electron chi connectivity index (χ2n) is 4.49. The van der Waals surface area contributed by atoms with Gasteiger partial charge in [-0.05, 0) is 29.5 Å². The van der Waals surface area contributed by atoms with E-state index in [1.54, 1.807) is 11.9 Å². The minimum Gasteiger partial charge on any atom is -0.301 e. The Labute approximate surface area is 108 Å². The van der Waals surface area contributed by atoms with E-state index in [1.165, 1.54) is 23.3 Å². The first-order valence-electron chi connectivity index (χ1n) is 6.29. The minimum atomic E-state index is -0.0585. The molecule has 0 radical (unpaired) electrons. The molecule has 0 amide bonds. The lowest BCUT2D eigenvalue weighted by atomic mass is 10.0. The van der Waals surface area contributed by atoms with Gasteiger partial charge < -0.3 is 4.79 Å². The Bertz CT molecular complexity index is 390. The average Bonchev–Trinajstić information content (AvgIpc) is 2.72. The maximum Gasteiger partial charge on any atom is 0.142 e. The van der Waals surface area contributed by atoms with E-state index < -0.39 is 0 Å². The maximum atomic E-state index is 11.3.